The first-order chi connectivity index (χ1) is 18.4. The molecule has 0 aliphatic carbocycles. The Morgan fingerprint density at radius 1 is 0.737 bits per heavy atom. The minimum Gasteiger partial charge on any atom is -0.442 e. The first-order valence-electron chi connectivity index (χ1n) is 11.7. The molecule has 0 radical (unpaired) electrons. The van der Waals surface area contributed by atoms with Gasteiger partial charge in [0.05, 0.1) is 49.9 Å². The lowest BCUT2D eigenvalue weighted by Crippen LogP contribution is -2.26. The van der Waals surface area contributed by atoms with E-state index in [9.17, 15) is 9.59 Å². The van der Waals surface area contributed by atoms with Gasteiger partial charge in [0.1, 0.15) is 23.8 Å². The third kappa shape index (κ3) is 4.51. The lowest BCUT2D eigenvalue weighted by atomic mass is 10.0. The van der Waals surface area contributed by atoms with Crippen molar-refractivity contribution in [3.63, 3.8) is 0 Å². The van der Waals surface area contributed by atoms with Crippen LogP contribution in [0.1, 0.15) is 0 Å². The Morgan fingerprint density at radius 3 is 1.55 bits per heavy atom. The van der Waals surface area contributed by atoms with Crippen LogP contribution in [-0.2, 0) is 22.6 Å². The molecule has 6 rings (SSSR count). The SMILES string of the molecule is O=C1OC(Cn2ccnn2)CN1c1ccc(-c2ccc(N3CC(Cn4ccnn4)OC3=O)cc2F)c(F)c1. The topological polar surface area (TPSA) is 121 Å². The fourth-order valence-corrected chi connectivity index (χ4v) is 4.51. The summed E-state index contributed by atoms with van der Waals surface area (Å²) in [5, 5.41) is 15.1. The van der Waals surface area contributed by atoms with E-state index >= 15 is 8.78 Å². The summed E-state index contributed by atoms with van der Waals surface area (Å²) in [6.07, 6.45) is 4.14. The van der Waals surface area contributed by atoms with Crippen molar-refractivity contribution in [1.82, 2.24) is 30.0 Å². The normalized spacial score (nSPS) is 19.2. The molecule has 4 heterocycles. The number of hydrogen-bond acceptors (Lipinski definition) is 8. The number of carbonyl (C=O) groups is 2. The molecular formula is C24H20F2N8O4. The van der Waals surface area contributed by atoms with Crippen LogP contribution in [-0.4, -0.2) is 67.5 Å². The van der Waals surface area contributed by atoms with Crippen LogP contribution >= 0.6 is 0 Å². The largest absolute Gasteiger partial charge is 0.442 e. The van der Waals surface area contributed by atoms with Crippen LogP contribution in [0, 0.1) is 11.6 Å². The van der Waals surface area contributed by atoms with Gasteiger partial charge in [0.25, 0.3) is 0 Å². The fraction of sp³-hybridized carbons (Fsp3) is 0.250. The Balaban J connectivity index is 1.16. The van der Waals surface area contributed by atoms with E-state index in [4.69, 9.17) is 9.47 Å². The van der Waals surface area contributed by atoms with Gasteiger partial charge in [-0.05, 0) is 36.4 Å². The number of hydrogen-bond donors (Lipinski definition) is 0. The van der Waals surface area contributed by atoms with E-state index in [2.05, 4.69) is 20.6 Å². The quantitative estimate of drug-likeness (QED) is 0.363. The number of nitrogens with zero attached hydrogens (tertiary/aromatic N) is 8. The van der Waals surface area contributed by atoms with Gasteiger partial charge in [-0.25, -0.2) is 27.7 Å². The molecule has 2 aliphatic rings. The predicted molar refractivity (Wildman–Crippen MR) is 127 cm³/mol. The van der Waals surface area contributed by atoms with Crippen LogP contribution in [0.25, 0.3) is 11.1 Å². The molecule has 2 aromatic heterocycles. The molecule has 2 fully saturated rings. The summed E-state index contributed by atoms with van der Waals surface area (Å²) in [6.45, 7) is 1.02. The number of carbonyl (C=O) groups excluding carboxylic acids is 2. The maximum absolute atomic E-state index is 15.1. The minimum atomic E-state index is -0.713. The summed E-state index contributed by atoms with van der Waals surface area (Å²) in [4.78, 5) is 27.3. The number of halogens is 2. The van der Waals surface area contributed by atoms with Crippen molar-refractivity contribution < 1.29 is 27.8 Å². The Labute approximate surface area is 214 Å². The van der Waals surface area contributed by atoms with E-state index < -0.39 is 36.0 Å². The van der Waals surface area contributed by atoms with Gasteiger partial charge >= 0.3 is 12.2 Å². The lowest BCUT2D eigenvalue weighted by molar-refractivity contribution is 0.128. The maximum atomic E-state index is 15.1. The Morgan fingerprint density at radius 2 is 1.18 bits per heavy atom. The molecule has 4 aromatic rings. The van der Waals surface area contributed by atoms with Crippen molar-refractivity contribution in [2.24, 2.45) is 0 Å². The molecule has 0 N–H and O–H groups in total. The van der Waals surface area contributed by atoms with Gasteiger partial charge in [-0.2, -0.15) is 0 Å². The summed E-state index contributed by atoms with van der Waals surface area (Å²) in [7, 11) is 0. The third-order valence-corrected chi connectivity index (χ3v) is 6.29. The van der Waals surface area contributed by atoms with E-state index in [0.29, 0.717) is 13.1 Å². The highest BCUT2D eigenvalue weighted by molar-refractivity contribution is 5.91. The number of amides is 2. The van der Waals surface area contributed by atoms with Gasteiger partial charge < -0.3 is 9.47 Å². The highest BCUT2D eigenvalue weighted by Gasteiger charge is 2.34. The van der Waals surface area contributed by atoms with Crippen LogP contribution in [0.2, 0.25) is 0 Å². The Kier molecular flexibility index (Phi) is 5.90. The number of rotatable bonds is 7. The summed E-state index contributed by atoms with van der Waals surface area (Å²) >= 11 is 0. The van der Waals surface area contributed by atoms with Crippen molar-refractivity contribution in [2.45, 2.75) is 25.3 Å². The van der Waals surface area contributed by atoms with Crippen LogP contribution < -0.4 is 9.80 Å². The van der Waals surface area contributed by atoms with Gasteiger partial charge in [-0.1, -0.05) is 10.4 Å². The predicted octanol–water partition coefficient (Wildman–Crippen LogP) is 2.87. The molecule has 2 atom stereocenters. The fourth-order valence-electron chi connectivity index (χ4n) is 4.51. The summed E-state index contributed by atoms with van der Waals surface area (Å²) < 4.78 is 44.0. The molecule has 38 heavy (non-hydrogen) atoms. The maximum Gasteiger partial charge on any atom is 0.414 e. The number of cyclic esters (lactones) is 2. The van der Waals surface area contributed by atoms with Gasteiger partial charge in [0.2, 0.25) is 0 Å². The first kappa shape index (κ1) is 23.5. The van der Waals surface area contributed by atoms with Crippen molar-refractivity contribution >= 4 is 23.6 Å². The zero-order valence-corrected chi connectivity index (χ0v) is 19.7. The standard InChI is InChI=1S/C24H20F2N8O4/c25-21-9-15(33-13-17(37-23(33)35)11-31-7-5-27-29-31)1-3-19(21)20-4-2-16(10-22(20)26)34-14-18(38-24(34)36)12-32-8-6-28-30-32/h1-10,17-18H,11-14H2. The molecule has 2 amide bonds. The molecule has 0 bridgehead atoms. The monoisotopic (exact) mass is 522 g/mol. The van der Waals surface area contributed by atoms with E-state index in [-0.39, 0.29) is 35.6 Å². The molecule has 0 saturated carbocycles. The second-order valence-corrected chi connectivity index (χ2v) is 8.81. The number of anilines is 2. The third-order valence-electron chi connectivity index (χ3n) is 6.29. The van der Waals surface area contributed by atoms with E-state index in [1.54, 1.807) is 12.4 Å². The van der Waals surface area contributed by atoms with Crippen LogP contribution in [0.5, 0.6) is 0 Å². The second kappa shape index (κ2) is 9.53. The average Bonchev–Trinajstić information content (AvgIpc) is 3.70. The van der Waals surface area contributed by atoms with Crippen molar-refractivity contribution in [3.8, 4) is 11.1 Å². The summed E-state index contributed by atoms with van der Waals surface area (Å²) in [5.41, 5.74) is 0.593. The molecule has 2 saturated heterocycles. The highest BCUT2D eigenvalue weighted by atomic mass is 19.1. The average molecular weight is 522 g/mol. The van der Waals surface area contributed by atoms with Crippen LogP contribution in [0.4, 0.5) is 29.7 Å². The molecule has 12 nitrogen and oxygen atoms in total. The van der Waals surface area contributed by atoms with Crippen LogP contribution in [0.3, 0.4) is 0 Å². The van der Waals surface area contributed by atoms with Gasteiger partial charge in [0, 0.05) is 23.5 Å². The smallest absolute Gasteiger partial charge is 0.414 e. The summed E-state index contributed by atoms with van der Waals surface area (Å²) in [5.74, 6) is -1.43. The minimum absolute atomic E-state index is 0.0117. The molecule has 194 valence electrons. The number of aromatic nitrogens is 6. The summed E-state index contributed by atoms with van der Waals surface area (Å²) in [6, 6.07) is 8.18. The van der Waals surface area contributed by atoms with Gasteiger partial charge in [-0.3, -0.25) is 9.80 Å². The Bertz CT molecular complexity index is 1370. The Hall–Kier alpha value is -4.88. The van der Waals surface area contributed by atoms with E-state index in [0.717, 1.165) is 12.1 Å². The zero-order valence-electron chi connectivity index (χ0n) is 19.7. The molecule has 14 heteroatoms. The molecule has 2 aromatic carbocycles. The second-order valence-electron chi connectivity index (χ2n) is 8.81. The van der Waals surface area contributed by atoms with Crippen LogP contribution in [0.15, 0.2) is 61.2 Å². The lowest BCUT2D eigenvalue weighted by Gasteiger charge is -2.16. The number of ether oxygens (including phenoxy) is 2. The van der Waals surface area contributed by atoms with Crippen molar-refractivity contribution in [2.75, 3.05) is 22.9 Å². The van der Waals surface area contributed by atoms with Gasteiger partial charge in [-0.15, -0.1) is 10.2 Å². The van der Waals surface area contributed by atoms with E-state index in [1.165, 1.54) is 55.8 Å². The van der Waals surface area contributed by atoms with Gasteiger partial charge in [0.15, 0.2) is 0 Å². The molecule has 2 unspecified atom stereocenters. The molecule has 2 aliphatic heterocycles. The molecule has 0 spiro atoms. The first-order valence-corrected chi connectivity index (χ1v) is 11.7. The van der Waals surface area contributed by atoms with E-state index in [1.807, 2.05) is 0 Å². The molecular weight excluding hydrogens is 502 g/mol. The van der Waals surface area contributed by atoms with Crippen molar-refractivity contribution in [1.29, 1.82) is 0 Å². The number of benzene rings is 2. The zero-order chi connectivity index (χ0) is 26.2. The van der Waals surface area contributed by atoms with Crippen molar-refractivity contribution in [3.05, 3.63) is 72.8 Å². The highest BCUT2D eigenvalue weighted by Crippen LogP contribution is 2.33.